The van der Waals surface area contributed by atoms with Crippen molar-refractivity contribution in [2.75, 3.05) is 39.6 Å². The van der Waals surface area contributed by atoms with Crippen molar-refractivity contribution in [1.82, 2.24) is 0 Å². The van der Waals surface area contributed by atoms with Gasteiger partial charge in [-0.25, -0.2) is 9.13 Å². The zero-order valence-corrected chi connectivity index (χ0v) is 69.6. The van der Waals surface area contributed by atoms with Crippen LogP contribution in [0.25, 0.3) is 0 Å². The molecule has 0 aromatic rings. The Morgan fingerprint density at radius 2 is 0.495 bits per heavy atom. The Morgan fingerprint density at radius 3 is 0.738 bits per heavy atom. The number of aliphatic hydroxyl groups is 1. The third-order valence-electron chi connectivity index (χ3n) is 20.0. The van der Waals surface area contributed by atoms with Gasteiger partial charge in [0.1, 0.15) is 19.3 Å². The number of esters is 4. The molecule has 612 valence electrons. The molecule has 0 spiro atoms. The van der Waals surface area contributed by atoms with Crippen LogP contribution in [0, 0.1) is 17.8 Å². The molecule has 0 rings (SSSR count). The Hall–Kier alpha value is -1.94. The normalized spacial score (nSPS) is 14.2. The highest BCUT2D eigenvalue weighted by Crippen LogP contribution is 2.45. The van der Waals surface area contributed by atoms with Crippen molar-refractivity contribution in [2.45, 2.75) is 458 Å². The molecule has 0 aliphatic heterocycles. The van der Waals surface area contributed by atoms with Gasteiger partial charge in [-0.15, -0.1) is 0 Å². The number of phosphoric ester groups is 2. The average Bonchev–Trinajstić information content (AvgIpc) is 0.911. The summed E-state index contributed by atoms with van der Waals surface area (Å²) in [5, 5.41) is 10.7. The molecule has 0 radical (unpaired) electrons. The van der Waals surface area contributed by atoms with Gasteiger partial charge < -0.3 is 33.8 Å². The maximum Gasteiger partial charge on any atom is 0.472 e. The van der Waals surface area contributed by atoms with Crippen LogP contribution in [-0.2, 0) is 65.4 Å². The topological polar surface area (TPSA) is 237 Å². The first kappa shape index (κ1) is 101. The average molecular weight is 1510 g/mol. The van der Waals surface area contributed by atoms with Crippen LogP contribution in [0.1, 0.15) is 440 Å². The Bertz CT molecular complexity index is 1990. The van der Waals surface area contributed by atoms with Gasteiger partial charge in [0.25, 0.3) is 0 Å². The predicted molar refractivity (Wildman–Crippen MR) is 423 cm³/mol. The number of hydrogen-bond acceptors (Lipinski definition) is 15. The number of rotatable bonds is 82. The van der Waals surface area contributed by atoms with Crippen LogP contribution < -0.4 is 0 Å². The summed E-state index contributed by atoms with van der Waals surface area (Å²) in [5.41, 5.74) is 0. The molecule has 0 aromatic heterocycles. The minimum atomic E-state index is -4.96. The lowest BCUT2D eigenvalue weighted by molar-refractivity contribution is -0.161. The summed E-state index contributed by atoms with van der Waals surface area (Å²) >= 11 is 0. The highest BCUT2D eigenvalue weighted by atomic mass is 31.2. The molecule has 0 fully saturated rings. The lowest BCUT2D eigenvalue weighted by atomic mass is 9.99. The molecule has 0 aliphatic carbocycles. The summed E-state index contributed by atoms with van der Waals surface area (Å²) in [6.07, 6.45) is 64.0. The molecule has 19 heteroatoms. The summed E-state index contributed by atoms with van der Waals surface area (Å²) in [6, 6.07) is 0. The van der Waals surface area contributed by atoms with Gasteiger partial charge in [0, 0.05) is 25.7 Å². The monoisotopic (exact) mass is 1510 g/mol. The van der Waals surface area contributed by atoms with Crippen molar-refractivity contribution in [2.24, 2.45) is 17.8 Å². The van der Waals surface area contributed by atoms with Gasteiger partial charge in [0.05, 0.1) is 26.4 Å². The first-order valence-corrected chi connectivity index (χ1v) is 46.4. The van der Waals surface area contributed by atoms with Crippen molar-refractivity contribution in [3.63, 3.8) is 0 Å². The van der Waals surface area contributed by atoms with Crippen LogP contribution in [0.15, 0.2) is 0 Å². The van der Waals surface area contributed by atoms with Gasteiger partial charge in [0.15, 0.2) is 12.2 Å². The quantitative estimate of drug-likeness (QED) is 0.0222. The van der Waals surface area contributed by atoms with E-state index in [2.05, 4.69) is 48.5 Å². The van der Waals surface area contributed by atoms with E-state index in [0.29, 0.717) is 31.6 Å². The molecule has 0 saturated carbocycles. The molecule has 0 aromatic carbocycles. The summed E-state index contributed by atoms with van der Waals surface area (Å²) in [5.74, 6) is 0.215. The molecule has 103 heavy (non-hydrogen) atoms. The van der Waals surface area contributed by atoms with Gasteiger partial charge in [-0.2, -0.15) is 0 Å². The van der Waals surface area contributed by atoms with E-state index in [4.69, 9.17) is 37.0 Å². The molecule has 0 bridgehead atoms. The van der Waals surface area contributed by atoms with Crippen LogP contribution in [0.5, 0.6) is 0 Å². The van der Waals surface area contributed by atoms with E-state index in [0.717, 1.165) is 108 Å². The number of aliphatic hydroxyl groups excluding tert-OH is 1. The smallest absolute Gasteiger partial charge is 0.462 e. The van der Waals surface area contributed by atoms with Crippen molar-refractivity contribution in [1.29, 1.82) is 0 Å². The largest absolute Gasteiger partial charge is 0.472 e. The molecule has 6 atom stereocenters. The number of unbranched alkanes of at least 4 members (excludes halogenated alkanes) is 49. The summed E-state index contributed by atoms with van der Waals surface area (Å²) in [6.45, 7) is 12.0. The molecule has 17 nitrogen and oxygen atoms in total. The lowest BCUT2D eigenvalue weighted by Crippen LogP contribution is -2.30. The maximum absolute atomic E-state index is 13.1. The molecular weight excluding hydrogens is 1340 g/mol. The molecule has 0 saturated heterocycles. The standard InChI is InChI=1S/C84H164O17P2/c1-8-10-11-12-13-14-15-16-17-18-19-20-21-29-34-39-44-53-60-67-83(88)100-79(71-94-81(86)65-58-51-43-38-33-28-25-23-27-32-37-42-50-57-64-77(7)9-2)73-98-102(90,91)96-69-78(85)70-97-103(92,93)99-74-80(72-95-82(87)66-59-52-47-46-49-56-63-76(5)6)101-84(89)68-61-54-45-40-35-30-24-22-26-31-36-41-48-55-62-75(3)4/h75-80,85H,8-74H2,1-7H3,(H,90,91)(H,92,93)/t77?,78-,79-,80-/m1/s1. The van der Waals surface area contributed by atoms with E-state index in [9.17, 15) is 43.2 Å². The van der Waals surface area contributed by atoms with E-state index in [-0.39, 0.29) is 25.7 Å². The van der Waals surface area contributed by atoms with Crippen molar-refractivity contribution < 1.29 is 80.2 Å². The zero-order chi connectivity index (χ0) is 75.8. The van der Waals surface area contributed by atoms with E-state index in [1.54, 1.807) is 0 Å². The van der Waals surface area contributed by atoms with E-state index in [1.807, 2.05) is 0 Å². The third-order valence-corrected chi connectivity index (χ3v) is 21.9. The van der Waals surface area contributed by atoms with Crippen molar-refractivity contribution in [3.05, 3.63) is 0 Å². The Labute approximate surface area is 632 Å². The number of phosphoric acid groups is 2. The van der Waals surface area contributed by atoms with Gasteiger partial charge in [-0.05, 0) is 43.4 Å². The Balaban J connectivity index is 5.22. The van der Waals surface area contributed by atoms with Crippen LogP contribution in [0.2, 0.25) is 0 Å². The fourth-order valence-corrected chi connectivity index (χ4v) is 14.6. The van der Waals surface area contributed by atoms with Crippen LogP contribution in [0.3, 0.4) is 0 Å². The number of carbonyl (C=O) groups excluding carboxylic acids is 4. The second kappa shape index (κ2) is 74.2. The van der Waals surface area contributed by atoms with Gasteiger partial charge in [-0.1, -0.05) is 389 Å². The first-order chi connectivity index (χ1) is 49.8. The van der Waals surface area contributed by atoms with E-state index >= 15 is 0 Å². The summed E-state index contributed by atoms with van der Waals surface area (Å²) in [7, 11) is -9.92. The van der Waals surface area contributed by atoms with Crippen LogP contribution in [0.4, 0.5) is 0 Å². The van der Waals surface area contributed by atoms with Gasteiger partial charge in [-0.3, -0.25) is 37.3 Å². The van der Waals surface area contributed by atoms with E-state index < -0.39 is 97.5 Å². The van der Waals surface area contributed by atoms with Crippen LogP contribution >= 0.6 is 15.6 Å². The number of ether oxygens (including phenoxy) is 4. The first-order valence-electron chi connectivity index (χ1n) is 43.4. The van der Waals surface area contributed by atoms with Gasteiger partial charge in [0.2, 0.25) is 0 Å². The Kier molecular flexibility index (Phi) is 72.8. The number of carbonyl (C=O) groups is 4. The highest BCUT2D eigenvalue weighted by Gasteiger charge is 2.30. The lowest BCUT2D eigenvalue weighted by Gasteiger charge is -2.21. The highest BCUT2D eigenvalue weighted by molar-refractivity contribution is 7.47. The third kappa shape index (κ3) is 76.6. The van der Waals surface area contributed by atoms with Crippen molar-refractivity contribution in [3.8, 4) is 0 Å². The second-order valence-electron chi connectivity index (χ2n) is 31.4. The maximum atomic E-state index is 13.1. The summed E-state index contributed by atoms with van der Waals surface area (Å²) in [4.78, 5) is 73.1. The minimum Gasteiger partial charge on any atom is -0.462 e. The van der Waals surface area contributed by atoms with Crippen molar-refractivity contribution >= 4 is 39.5 Å². The zero-order valence-electron chi connectivity index (χ0n) is 67.8. The Morgan fingerprint density at radius 1 is 0.282 bits per heavy atom. The second-order valence-corrected chi connectivity index (χ2v) is 34.3. The molecule has 0 aliphatic rings. The molecule has 3 N–H and O–H groups in total. The molecule has 0 amide bonds. The van der Waals surface area contributed by atoms with E-state index in [1.165, 1.54) is 244 Å². The summed E-state index contributed by atoms with van der Waals surface area (Å²) < 4.78 is 68.8. The number of hydrogen-bond donors (Lipinski definition) is 3. The SMILES string of the molecule is CCCCCCCCCCCCCCCCCCCCCC(=O)O[C@H](COC(=O)CCCCCCCCCCCCCCCCC(C)CC)COP(=O)(O)OC[C@@H](O)COP(=O)(O)OC[C@@H](COC(=O)CCCCCCCCC(C)C)OC(=O)CCCCCCCCCCCCCCCCC(C)C. The fraction of sp³-hybridized carbons (Fsp3) is 0.952. The van der Waals surface area contributed by atoms with Crippen LogP contribution in [-0.4, -0.2) is 96.7 Å². The molecular formula is C84H164O17P2. The minimum absolute atomic E-state index is 0.106. The predicted octanol–water partition coefficient (Wildman–Crippen LogP) is 25.3. The fourth-order valence-electron chi connectivity index (χ4n) is 13.0. The van der Waals surface area contributed by atoms with Gasteiger partial charge >= 0.3 is 39.5 Å². The molecule has 0 heterocycles. The molecule has 3 unspecified atom stereocenters.